The molecule has 4 atom stereocenters. The van der Waals surface area contributed by atoms with Crippen molar-refractivity contribution >= 4 is 35.0 Å². The zero-order valence-electron chi connectivity index (χ0n) is 19.9. The smallest absolute Gasteiger partial charge is 0.250 e. The van der Waals surface area contributed by atoms with Gasteiger partial charge in [-0.3, -0.25) is 24.6 Å². The van der Waals surface area contributed by atoms with Crippen LogP contribution in [0.5, 0.6) is 17.2 Å². The topological polar surface area (TPSA) is 117 Å². The third-order valence-corrected chi connectivity index (χ3v) is 8.17. The summed E-state index contributed by atoms with van der Waals surface area (Å²) in [5, 5.41) is 16.4. The van der Waals surface area contributed by atoms with Crippen molar-refractivity contribution in [2.45, 2.75) is 24.5 Å². The van der Waals surface area contributed by atoms with Gasteiger partial charge >= 0.3 is 0 Å². The van der Waals surface area contributed by atoms with Gasteiger partial charge in [-0.2, -0.15) is 0 Å². The second-order valence-corrected chi connectivity index (χ2v) is 10.5. The van der Waals surface area contributed by atoms with Crippen LogP contribution in [0.1, 0.15) is 16.7 Å². The lowest BCUT2D eigenvalue weighted by Crippen LogP contribution is -2.53. The van der Waals surface area contributed by atoms with Gasteiger partial charge in [0.2, 0.25) is 24.5 Å². The number of ether oxygens (including phenoxy) is 2. The summed E-state index contributed by atoms with van der Waals surface area (Å²) in [7, 11) is 0. The summed E-state index contributed by atoms with van der Waals surface area (Å²) in [4.78, 5) is 42.8. The molecule has 38 heavy (non-hydrogen) atoms. The molecule has 10 heteroatoms. The Bertz CT molecular complexity index is 1530. The number of hydrogen-bond donors (Lipinski definition) is 3. The van der Waals surface area contributed by atoms with Crippen molar-refractivity contribution < 1.29 is 29.0 Å². The maximum absolute atomic E-state index is 14.0. The number of anilines is 1. The highest BCUT2D eigenvalue weighted by Gasteiger charge is 2.70. The molecule has 192 valence electrons. The Balaban J connectivity index is 1.30. The van der Waals surface area contributed by atoms with Gasteiger partial charge in [-0.1, -0.05) is 29.8 Å². The summed E-state index contributed by atoms with van der Waals surface area (Å²) < 4.78 is 10.8. The van der Waals surface area contributed by atoms with Crippen LogP contribution in [0.2, 0.25) is 5.02 Å². The van der Waals surface area contributed by atoms with Crippen molar-refractivity contribution in [1.82, 2.24) is 10.2 Å². The second kappa shape index (κ2) is 8.21. The molecule has 2 saturated heterocycles. The van der Waals surface area contributed by atoms with Crippen LogP contribution < -0.4 is 20.1 Å². The van der Waals surface area contributed by atoms with Crippen LogP contribution in [-0.2, 0) is 32.9 Å². The molecule has 7 rings (SSSR count). The van der Waals surface area contributed by atoms with Gasteiger partial charge in [-0.05, 0) is 60.0 Å². The van der Waals surface area contributed by atoms with Crippen molar-refractivity contribution in [3.63, 3.8) is 0 Å². The van der Waals surface area contributed by atoms with Crippen LogP contribution in [-0.4, -0.2) is 40.6 Å². The Hall–Kier alpha value is -4.08. The molecule has 0 radical (unpaired) electrons. The number of rotatable bonds is 4. The van der Waals surface area contributed by atoms with Gasteiger partial charge < -0.3 is 19.9 Å². The van der Waals surface area contributed by atoms with E-state index in [0.29, 0.717) is 39.8 Å². The number of imide groups is 1. The third-order valence-electron chi connectivity index (χ3n) is 7.94. The number of fused-ring (bicyclic) bond motifs is 5. The first-order valence-corrected chi connectivity index (χ1v) is 12.6. The van der Waals surface area contributed by atoms with Gasteiger partial charge in [0, 0.05) is 22.3 Å². The molecule has 4 aliphatic heterocycles. The second-order valence-electron chi connectivity index (χ2n) is 10.0. The number of carbonyl (C=O) groups is 3. The van der Waals surface area contributed by atoms with E-state index in [2.05, 4.69) is 10.6 Å². The minimum atomic E-state index is -1.44. The summed E-state index contributed by atoms with van der Waals surface area (Å²) in [6.07, 6.45) is 0.378. The van der Waals surface area contributed by atoms with Gasteiger partial charge in [-0.25, -0.2) is 0 Å². The number of phenols is 1. The fourth-order valence-electron chi connectivity index (χ4n) is 6.27. The molecule has 2 fully saturated rings. The summed E-state index contributed by atoms with van der Waals surface area (Å²) in [6, 6.07) is 16.5. The molecule has 0 aromatic heterocycles. The quantitative estimate of drug-likeness (QED) is 0.443. The number of phenolic OH excluding ortho intramolecular Hbond substituents is 1. The van der Waals surface area contributed by atoms with Crippen molar-refractivity contribution in [3.8, 4) is 17.2 Å². The molecule has 4 heterocycles. The highest BCUT2D eigenvalue weighted by Crippen LogP contribution is 2.54. The predicted molar refractivity (Wildman–Crippen MR) is 136 cm³/mol. The zero-order chi connectivity index (χ0) is 26.2. The number of hydrogen-bond acceptors (Lipinski definition) is 7. The SMILES string of the molecule is O=C1[C@@H]2[C@H](Cc3ccc(O)cc3)N[C@]3(C(=O)Nc4ccc(Cl)cc43)[C@@H]2C(=O)N1Cc1ccc2c(c1)OCO2. The van der Waals surface area contributed by atoms with E-state index in [1.54, 1.807) is 60.7 Å². The van der Waals surface area contributed by atoms with E-state index in [4.69, 9.17) is 21.1 Å². The number of benzene rings is 3. The number of nitrogens with one attached hydrogen (secondary N) is 2. The standard InChI is InChI=1S/C28H22ClN3O6/c29-16-4-7-19-18(11-16)28(27(36)30-19)24-23(20(31-28)9-14-1-5-17(33)6-2-14)25(34)32(26(24)35)12-15-3-8-21-22(10-15)38-13-37-21/h1-8,10-11,20,23-24,31,33H,9,12-13H2,(H,30,36)/t20-,23+,24-,28-/m0/s1. The number of aromatic hydroxyl groups is 1. The van der Waals surface area contributed by atoms with Gasteiger partial charge in [0.15, 0.2) is 11.5 Å². The molecule has 1 spiro atoms. The lowest BCUT2D eigenvalue weighted by atomic mass is 9.76. The normalized spacial score (nSPS) is 26.7. The molecule has 0 saturated carbocycles. The molecule has 0 bridgehead atoms. The van der Waals surface area contributed by atoms with E-state index in [9.17, 15) is 19.5 Å². The maximum Gasteiger partial charge on any atom is 0.250 e. The van der Waals surface area contributed by atoms with Crippen LogP contribution >= 0.6 is 11.6 Å². The molecular weight excluding hydrogens is 510 g/mol. The van der Waals surface area contributed by atoms with Crippen molar-refractivity contribution in [2.24, 2.45) is 11.8 Å². The molecule has 9 nitrogen and oxygen atoms in total. The Morgan fingerprint density at radius 1 is 0.947 bits per heavy atom. The maximum atomic E-state index is 14.0. The lowest BCUT2D eigenvalue weighted by Gasteiger charge is -2.29. The molecule has 0 aliphatic carbocycles. The minimum absolute atomic E-state index is 0.0489. The fourth-order valence-corrected chi connectivity index (χ4v) is 6.44. The molecule has 0 unspecified atom stereocenters. The number of nitrogens with zero attached hydrogens (tertiary/aromatic N) is 1. The van der Waals surface area contributed by atoms with Crippen LogP contribution in [0, 0.1) is 11.8 Å². The number of likely N-dealkylation sites (tertiary alicyclic amines) is 1. The fraction of sp³-hybridized carbons (Fsp3) is 0.250. The Labute approximate surface area is 222 Å². The highest BCUT2D eigenvalue weighted by molar-refractivity contribution is 6.31. The van der Waals surface area contributed by atoms with E-state index in [1.165, 1.54) is 4.90 Å². The first-order chi connectivity index (χ1) is 18.3. The van der Waals surface area contributed by atoms with E-state index >= 15 is 0 Å². The van der Waals surface area contributed by atoms with E-state index in [-0.39, 0.29) is 30.9 Å². The Kier molecular flexibility index (Phi) is 4.98. The van der Waals surface area contributed by atoms with Gasteiger partial charge in [0.25, 0.3) is 0 Å². The van der Waals surface area contributed by atoms with Gasteiger partial charge in [0.05, 0.1) is 18.4 Å². The summed E-state index contributed by atoms with van der Waals surface area (Å²) in [6.45, 7) is 0.169. The Morgan fingerprint density at radius 2 is 1.71 bits per heavy atom. The van der Waals surface area contributed by atoms with Crippen LogP contribution in [0.15, 0.2) is 60.7 Å². The average Bonchev–Trinajstić information content (AvgIpc) is 3.63. The molecule has 3 aromatic rings. The average molecular weight is 532 g/mol. The summed E-state index contributed by atoms with van der Waals surface area (Å²) >= 11 is 6.33. The van der Waals surface area contributed by atoms with Crippen LogP contribution in [0.25, 0.3) is 0 Å². The molecule has 3 aromatic carbocycles. The van der Waals surface area contributed by atoms with Gasteiger partial charge in [0.1, 0.15) is 11.3 Å². The van der Waals surface area contributed by atoms with Crippen molar-refractivity contribution in [2.75, 3.05) is 12.1 Å². The zero-order valence-corrected chi connectivity index (χ0v) is 20.7. The van der Waals surface area contributed by atoms with Gasteiger partial charge in [-0.15, -0.1) is 0 Å². The third kappa shape index (κ3) is 3.25. The predicted octanol–water partition coefficient (Wildman–Crippen LogP) is 2.94. The van der Waals surface area contributed by atoms with E-state index in [0.717, 1.165) is 5.56 Å². The van der Waals surface area contributed by atoms with E-state index < -0.39 is 29.3 Å². The molecule has 3 N–H and O–H groups in total. The summed E-state index contributed by atoms with van der Waals surface area (Å²) in [5.74, 6) is -1.57. The largest absolute Gasteiger partial charge is 0.508 e. The van der Waals surface area contributed by atoms with E-state index in [1.807, 2.05) is 0 Å². The highest BCUT2D eigenvalue weighted by atomic mass is 35.5. The number of amides is 3. The first-order valence-electron chi connectivity index (χ1n) is 12.3. The molecular formula is C28H22ClN3O6. The first kappa shape index (κ1) is 23.1. The van der Waals surface area contributed by atoms with Crippen molar-refractivity contribution in [1.29, 1.82) is 0 Å². The van der Waals surface area contributed by atoms with Crippen molar-refractivity contribution in [3.05, 3.63) is 82.4 Å². The number of halogens is 1. The lowest BCUT2D eigenvalue weighted by molar-refractivity contribution is -0.143. The van der Waals surface area contributed by atoms with Crippen LogP contribution in [0.3, 0.4) is 0 Å². The minimum Gasteiger partial charge on any atom is -0.508 e. The molecule has 3 amide bonds. The molecule has 4 aliphatic rings. The number of carbonyl (C=O) groups excluding carboxylic acids is 3. The summed E-state index contributed by atoms with van der Waals surface area (Å²) in [5.41, 5.74) is 1.25. The monoisotopic (exact) mass is 531 g/mol. The Morgan fingerprint density at radius 3 is 2.53 bits per heavy atom. The van der Waals surface area contributed by atoms with Crippen LogP contribution in [0.4, 0.5) is 5.69 Å².